The first kappa shape index (κ1) is 15.7. The highest BCUT2D eigenvalue weighted by atomic mass is 16.5. The average Bonchev–Trinajstić information content (AvgIpc) is 3.43. The molecule has 2 aromatic rings. The topological polar surface area (TPSA) is 55.5 Å². The van der Waals surface area contributed by atoms with Crippen molar-refractivity contribution < 1.29 is 4.74 Å². The lowest BCUT2D eigenvalue weighted by atomic mass is 9.94. The Balaban J connectivity index is 1.25. The van der Waals surface area contributed by atoms with E-state index in [1.807, 2.05) is 4.52 Å². The first-order chi connectivity index (χ1) is 12.4. The van der Waals surface area contributed by atoms with Crippen LogP contribution in [0.15, 0.2) is 12.1 Å². The Morgan fingerprint density at radius 2 is 1.88 bits per heavy atom. The Bertz CT molecular complexity index is 726. The minimum Gasteiger partial charge on any atom is -0.381 e. The molecular weight excluding hydrogens is 314 g/mol. The summed E-state index contributed by atoms with van der Waals surface area (Å²) in [5, 5.41) is 13.7. The van der Waals surface area contributed by atoms with Crippen molar-refractivity contribution in [2.45, 2.75) is 50.4 Å². The van der Waals surface area contributed by atoms with Gasteiger partial charge in [-0.05, 0) is 69.7 Å². The van der Waals surface area contributed by atoms with E-state index >= 15 is 0 Å². The second-order valence-electron chi connectivity index (χ2n) is 8.02. The molecular formula is C19H27N5O. The number of hydrogen-bond donors (Lipinski definition) is 0. The molecule has 4 heterocycles. The van der Waals surface area contributed by atoms with Crippen LogP contribution >= 0.6 is 0 Å². The lowest BCUT2D eigenvalue weighted by Crippen LogP contribution is -2.39. The molecule has 1 saturated carbocycles. The number of likely N-dealkylation sites (tertiary alicyclic amines) is 1. The first-order valence-electron chi connectivity index (χ1n) is 9.89. The SMILES string of the molecule is c1cc2nnc(C3CCN(CC4CCCOC4)CC3)n2nc1C1CC1. The molecule has 5 rings (SSSR count). The van der Waals surface area contributed by atoms with Gasteiger partial charge in [0.05, 0.1) is 12.3 Å². The van der Waals surface area contributed by atoms with Crippen LogP contribution in [0.2, 0.25) is 0 Å². The number of piperidine rings is 1. The van der Waals surface area contributed by atoms with Gasteiger partial charge in [-0.25, -0.2) is 0 Å². The molecule has 0 aromatic carbocycles. The Morgan fingerprint density at radius 1 is 1.00 bits per heavy atom. The predicted octanol–water partition coefficient (Wildman–Crippen LogP) is 2.61. The summed E-state index contributed by atoms with van der Waals surface area (Å²) in [6.45, 7) is 5.39. The van der Waals surface area contributed by atoms with Gasteiger partial charge in [0.25, 0.3) is 0 Å². The third-order valence-electron chi connectivity index (χ3n) is 6.03. The number of fused-ring (bicyclic) bond motifs is 1. The van der Waals surface area contributed by atoms with Crippen LogP contribution in [0.3, 0.4) is 0 Å². The number of ether oxygens (including phenoxy) is 1. The van der Waals surface area contributed by atoms with Gasteiger partial charge in [-0.15, -0.1) is 10.2 Å². The number of hydrogen-bond acceptors (Lipinski definition) is 5. The van der Waals surface area contributed by atoms with Crippen LogP contribution in [0, 0.1) is 5.92 Å². The molecule has 25 heavy (non-hydrogen) atoms. The van der Waals surface area contributed by atoms with Gasteiger partial charge in [-0.3, -0.25) is 0 Å². The molecule has 1 aliphatic carbocycles. The predicted molar refractivity (Wildman–Crippen MR) is 94.7 cm³/mol. The maximum atomic E-state index is 5.63. The standard InChI is InChI=1S/C19H27N5O/c1-2-14(13-25-11-1)12-23-9-7-16(8-10-23)19-21-20-18-6-5-17(15-3-4-15)22-24(18)19/h5-6,14-16H,1-4,7-13H2. The van der Waals surface area contributed by atoms with Crippen LogP contribution in [-0.4, -0.2) is 57.6 Å². The average molecular weight is 341 g/mol. The highest BCUT2D eigenvalue weighted by Crippen LogP contribution is 2.39. The summed E-state index contributed by atoms with van der Waals surface area (Å²) in [5.74, 6) is 2.94. The molecule has 134 valence electrons. The second-order valence-corrected chi connectivity index (χ2v) is 8.02. The lowest BCUT2D eigenvalue weighted by Gasteiger charge is -2.34. The summed E-state index contributed by atoms with van der Waals surface area (Å²) >= 11 is 0. The van der Waals surface area contributed by atoms with Crippen molar-refractivity contribution in [2.75, 3.05) is 32.8 Å². The molecule has 3 fully saturated rings. The van der Waals surface area contributed by atoms with Crippen molar-refractivity contribution in [3.05, 3.63) is 23.7 Å². The quantitative estimate of drug-likeness (QED) is 0.856. The van der Waals surface area contributed by atoms with Crippen molar-refractivity contribution in [3.63, 3.8) is 0 Å². The Hall–Kier alpha value is -1.53. The monoisotopic (exact) mass is 341 g/mol. The van der Waals surface area contributed by atoms with Crippen molar-refractivity contribution in [1.29, 1.82) is 0 Å². The fourth-order valence-corrected chi connectivity index (χ4v) is 4.36. The fourth-order valence-electron chi connectivity index (χ4n) is 4.36. The minimum absolute atomic E-state index is 0.482. The zero-order valence-corrected chi connectivity index (χ0v) is 14.8. The van der Waals surface area contributed by atoms with E-state index in [1.165, 1.54) is 37.9 Å². The van der Waals surface area contributed by atoms with Crippen molar-refractivity contribution in [2.24, 2.45) is 5.92 Å². The van der Waals surface area contributed by atoms with E-state index in [4.69, 9.17) is 9.84 Å². The van der Waals surface area contributed by atoms with Gasteiger partial charge in [0.2, 0.25) is 0 Å². The summed E-state index contributed by atoms with van der Waals surface area (Å²) in [6, 6.07) is 4.20. The number of rotatable bonds is 4. The van der Waals surface area contributed by atoms with Gasteiger partial charge in [-0.2, -0.15) is 9.61 Å². The third-order valence-corrected chi connectivity index (χ3v) is 6.03. The molecule has 0 radical (unpaired) electrons. The van der Waals surface area contributed by atoms with Gasteiger partial charge in [0, 0.05) is 25.0 Å². The molecule has 0 spiro atoms. The van der Waals surface area contributed by atoms with Gasteiger partial charge < -0.3 is 9.64 Å². The van der Waals surface area contributed by atoms with E-state index in [9.17, 15) is 0 Å². The van der Waals surface area contributed by atoms with E-state index in [0.29, 0.717) is 11.8 Å². The summed E-state index contributed by atoms with van der Waals surface area (Å²) in [6.07, 6.45) is 7.41. The van der Waals surface area contributed by atoms with Crippen LogP contribution in [0.1, 0.15) is 61.9 Å². The molecule has 1 atom stereocenters. The number of nitrogens with zero attached hydrogens (tertiary/aromatic N) is 5. The zero-order valence-electron chi connectivity index (χ0n) is 14.8. The lowest BCUT2D eigenvalue weighted by molar-refractivity contribution is 0.0344. The van der Waals surface area contributed by atoms with Gasteiger partial charge in [0.1, 0.15) is 0 Å². The summed E-state index contributed by atoms with van der Waals surface area (Å²) in [4.78, 5) is 2.61. The second kappa shape index (κ2) is 6.65. The molecule has 3 aliphatic rings. The van der Waals surface area contributed by atoms with Crippen molar-refractivity contribution >= 4 is 5.65 Å². The normalized spacial score (nSPS) is 26.3. The summed E-state index contributed by atoms with van der Waals surface area (Å²) in [5.41, 5.74) is 2.10. The number of aromatic nitrogens is 4. The maximum Gasteiger partial charge on any atom is 0.177 e. The molecule has 6 heteroatoms. The maximum absolute atomic E-state index is 5.63. The summed E-state index contributed by atoms with van der Waals surface area (Å²) in [7, 11) is 0. The van der Waals surface area contributed by atoms with Crippen LogP contribution < -0.4 is 0 Å². The first-order valence-corrected chi connectivity index (χ1v) is 9.89. The van der Waals surface area contributed by atoms with Crippen LogP contribution in [0.4, 0.5) is 0 Å². The Kier molecular flexibility index (Phi) is 4.18. The van der Waals surface area contributed by atoms with Crippen molar-refractivity contribution in [1.82, 2.24) is 24.7 Å². The fraction of sp³-hybridized carbons (Fsp3) is 0.737. The smallest absolute Gasteiger partial charge is 0.177 e. The van der Waals surface area contributed by atoms with E-state index < -0.39 is 0 Å². The largest absolute Gasteiger partial charge is 0.381 e. The molecule has 1 unspecified atom stereocenters. The van der Waals surface area contributed by atoms with E-state index in [0.717, 1.165) is 56.5 Å². The third kappa shape index (κ3) is 3.29. The van der Waals surface area contributed by atoms with Gasteiger partial charge >= 0.3 is 0 Å². The molecule has 0 bridgehead atoms. The summed E-state index contributed by atoms with van der Waals surface area (Å²) < 4.78 is 7.65. The van der Waals surface area contributed by atoms with Crippen molar-refractivity contribution in [3.8, 4) is 0 Å². The molecule has 0 N–H and O–H groups in total. The van der Waals surface area contributed by atoms with Crippen LogP contribution in [0.5, 0.6) is 0 Å². The highest BCUT2D eigenvalue weighted by molar-refractivity contribution is 5.38. The molecule has 0 amide bonds. The molecule has 6 nitrogen and oxygen atoms in total. The van der Waals surface area contributed by atoms with E-state index in [2.05, 4.69) is 27.2 Å². The van der Waals surface area contributed by atoms with Gasteiger partial charge in [-0.1, -0.05) is 0 Å². The van der Waals surface area contributed by atoms with Gasteiger partial charge in [0.15, 0.2) is 11.5 Å². The van der Waals surface area contributed by atoms with E-state index in [1.54, 1.807) is 0 Å². The Labute approximate surface area is 148 Å². The van der Waals surface area contributed by atoms with Crippen LogP contribution in [0.25, 0.3) is 5.65 Å². The Morgan fingerprint density at radius 3 is 2.64 bits per heavy atom. The molecule has 2 aliphatic heterocycles. The highest BCUT2D eigenvalue weighted by Gasteiger charge is 2.29. The molecule has 2 aromatic heterocycles. The minimum atomic E-state index is 0.482. The van der Waals surface area contributed by atoms with Crippen LogP contribution in [-0.2, 0) is 4.74 Å². The molecule has 2 saturated heterocycles. The van der Waals surface area contributed by atoms with E-state index in [-0.39, 0.29) is 0 Å². The zero-order chi connectivity index (χ0) is 16.6.